The van der Waals surface area contributed by atoms with Gasteiger partial charge in [-0.2, -0.15) is 0 Å². The summed E-state index contributed by atoms with van der Waals surface area (Å²) in [6.45, 7) is 4.87. The van der Waals surface area contributed by atoms with Gasteiger partial charge in [-0.1, -0.05) is 18.2 Å². The Labute approximate surface area is 155 Å². The van der Waals surface area contributed by atoms with Gasteiger partial charge in [0.2, 0.25) is 5.78 Å². The number of fused-ring (bicyclic) bond motifs is 1. The highest BCUT2D eigenvalue weighted by molar-refractivity contribution is 6.03. The van der Waals surface area contributed by atoms with E-state index in [0.717, 1.165) is 10.9 Å². The molecule has 0 unspecified atom stereocenters. The lowest BCUT2D eigenvalue weighted by Gasteiger charge is -2.04. The van der Waals surface area contributed by atoms with Gasteiger partial charge >= 0.3 is 11.9 Å². The van der Waals surface area contributed by atoms with E-state index in [1.165, 1.54) is 0 Å². The maximum Gasteiger partial charge on any atom is 0.355 e. The van der Waals surface area contributed by atoms with Crippen molar-refractivity contribution in [3.8, 4) is 0 Å². The second-order valence-corrected chi connectivity index (χ2v) is 6.12. The van der Waals surface area contributed by atoms with Crippen LogP contribution in [-0.2, 0) is 9.47 Å². The molecular weight excluding hydrogens is 348 g/mol. The molecular formula is C20H20N2O5. The minimum atomic E-state index is -0.619. The topological polar surface area (TPSA) is 101 Å². The van der Waals surface area contributed by atoms with E-state index in [0.29, 0.717) is 16.8 Å². The number of carbonyl (C=O) groups excluding carboxylic acids is 3. The van der Waals surface area contributed by atoms with Crippen LogP contribution >= 0.6 is 0 Å². The Hall–Kier alpha value is -3.35. The average molecular weight is 368 g/mol. The van der Waals surface area contributed by atoms with E-state index in [4.69, 9.17) is 9.47 Å². The summed E-state index contributed by atoms with van der Waals surface area (Å²) in [5, 5.41) is 0.880. The molecule has 0 saturated heterocycles. The van der Waals surface area contributed by atoms with Crippen molar-refractivity contribution in [1.29, 1.82) is 0 Å². The van der Waals surface area contributed by atoms with Crippen LogP contribution in [0.5, 0.6) is 0 Å². The number of ether oxygens (including phenoxy) is 2. The van der Waals surface area contributed by atoms with Crippen molar-refractivity contribution >= 4 is 28.6 Å². The molecule has 0 amide bonds. The number of hydrogen-bond donors (Lipinski definition) is 2. The molecule has 3 aromatic rings. The fourth-order valence-corrected chi connectivity index (χ4v) is 3.00. The molecule has 7 heteroatoms. The predicted molar refractivity (Wildman–Crippen MR) is 99.1 cm³/mol. The van der Waals surface area contributed by atoms with Gasteiger partial charge in [0.25, 0.3) is 0 Å². The Morgan fingerprint density at radius 3 is 2.44 bits per heavy atom. The quantitative estimate of drug-likeness (QED) is 0.513. The van der Waals surface area contributed by atoms with Crippen LogP contribution < -0.4 is 0 Å². The summed E-state index contributed by atoms with van der Waals surface area (Å²) >= 11 is 0. The molecule has 0 aliphatic rings. The molecule has 0 radical (unpaired) electrons. The maximum absolute atomic E-state index is 12.4. The third-order valence-corrected chi connectivity index (χ3v) is 4.28. The number of esters is 2. The number of nitrogens with one attached hydrogen (secondary N) is 2. The van der Waals surface area contributed by atoms with E-state index in [1.54, 1.807) is 26.8 Å². The zero-order valence-electron chi connectivity index (χ0n) is 15.3. The molecule has 0 aliphatic carbocycles. The summed E-state index contributed by atoms with van der Waals surface area (Å²) in [5.74, 6) is -1.53. The van der Waals surface area contributed by atoms with Gasteiger partial charge in [-0.3, -0.25) is 4.79 Å². The molecule has 0 aliphatic heterocycles. The second-order valence-electron chi connectivity index (χ2n) is 6.12. The van der Waals surface area contributed by atoms with E-state index in [2.05, 4.69) is 9.97 Å². The van der Waals surface area contributed by atoms with E-state index in [1.807, 2.05) is 24.3 Å². The van der Waals surface area contributed by atoms with Crippen LogP contribution in [0.25, 0.3) is 10.9 Å². The number of para-hydroxylation sites is 1. The van der Waals surface area contributed by atoms with Crippen molar-refractivity contribution in [2.45, 2.75) is 20.8 Å². The van der Waals surface area contributed by atoms with Gasteiger partial charge in [-0.15, -0.1) is 0 Å². The molecule has 3 rings (SSSR count). The van der Waals surface area contributed by atoms with Gasteiger partial charge in [-0.25, -0.2) is 9.59 Å². The first-order valence-electron chi connectivity index (χ1n) is 8.56. The van der Waals surface area contributed by atoms with Gasteiger partial charge in [0.1, 0.15) is 5.69 Å². The number of Topliss-reactive ketones (excluding diaryl/α,β-unsaturated/α-hetero) is 1. The third-order valence-electron chi connectivity index (χ3n) is 4.28. The smallest absolute Gasteiger partial charge is 0.355 e. The van der Waals surface area contributed by atoms with Crippen LogP contribution in [0.1, 0.15) is 49.5 Å². The highest BCUT2D eigenvalue weighted by Crippen LogP contribution is 2.20. The Bertz CT molecular complexity index is 995. The maximum atomic E-state index is 12.4. The average Bonchev–Trinajstić information content (AvgIpc) is 3.20. The van der Waals surface area contributed by atoms with Gasteiger partial charge in [0, 0.05) is 16.6 Å². The van der Waals surface area contributed by atoms with Crippen LogP contribution in [0.3, 0.4) is 0 Å². The lowest BCUT2D eigenvalue weighted by molar-refractivity contribution is 0.0467. The summed E-state index contributed by atoms with van der Waals surface area (Å²) in [6.07, 6.45) is 0. The van der Waals surface area contributed by atoms with Crippen molar-refractivity contribution in [2.24, 2.45) is 0 Å². The Balaban J connectivity index is 1.71. The summed E-state index contributed by atoms with van der Waals surface area (Å²) in [6, 6.07) is 9.11. The van der Waals surface area contributed by atoms with E-state index < -0.39 is 24.3 Å². The minimum Gasteiger partial charge on any atom is -0.462 e. The number of carbonyl (C=O) groups is 3. The van der Waals surface area contributed by atoms with E-state index in [9.17, 15) is 14.4 Å². The molecule has 0 spiro atoms. The first-order valence-corrected chi connectivity index (χ1v) is 8.56. The van der Waals surface area contributed by atoms with Crippen LogP contribution in [-0.4, -0.2) is 40.9 Å². The molecule has 1 aromatic carbocycles. The molecule has 2 aromatic heterocycles. The fourth-order valence-electron chi connectivity index (χ4n) is 3.00. The number of ketones is 1. The van der Waals surface area contributed by atoms with E-state index in [-0.39, 0.29) is 18.0 Å². The summed E-state index contributed by atoms with van der Waals surface area (Å²) < 4.78 is 10.1. The largest absolute Gasteiger partial charge is 0.462 e. The summed E-state index contributed by atoms with van der Waals surface area (Å²) in [4.78, 5) is 42.5. The lowest BCUT2D eigenvalue weighted by Crippen LogP contribution is -2.16. The number of aromatic amines is 2. The molecule has 0 fully saturated rings. The first-order chi connectivity index (χ1) is 12.9. The predicted octanol–water partition coefficient (Wildman–Crippen LogP) is 3.33. The first kappa shape index (κ1) is 18.4. The fraction of sp³-hybridized carbons (Fsp3) is 0.250. The number of aromatic nitrogens is 2. The molecule has 7 nitrogen and oxygen atoms in total. The molecule has 140 valence electrons. The summed E-state index contributed by atoms with van der Waals surface area (Å²) in [5.41, 5.74) is 2.68. The van der Waals surface area contributed by atoms with Crippen molar-refractivity contribution in [1.82, 2.24) is 9.97 Å². The third kappa shape index (κ3) is 3.62. The van der Waals surface area contributed by atoms with Crippen molar-refractivity contribution < 1.29 is 23.9 Å². The normalized spacial score (nSPS) is 10.8. The molecule has 0 saturated carbocycles. The van der Waals surface area contributed by atoms with Crippen molar-refractivity contribution in [2.75, 3.05) is 13.2 Å². The van der Waals surface area contributed by atoms with E-state index >= 15 is 0 Å². The van der Waals surface area contributed by atoms with Crippen LogP contribution in [0.4, 0.5) is 0 Å². The highest BCUT2D eigenvalue weighted by atomic mass is 16.5. The highest BCUT2D eigenvalue weighted by Gasteiger charge is 2.23. The zero-order valence-corrected chi connectivity index (χ0v) is 15.3. The number of H-pyrrole nitrogens is 2. The van der Waals surface area contributed by atoms with Crippen LogP contribution in [0.15, 0.2) is 30.3 Å². The minimum absolute atomic E-state index is 0.236. The molecule has 27 heavy (non-hydrogen) atoms. The number of aryl methyl sites for hydroxylation is 1. The number of benzene rings is 1. The van der Waals surface area contributed by atoms with Gasteiger partial charge in [-0.05, 0) is 38.5 Å². The standard InChI is InChI=1S/C20H20N2O5/c1-4-26-20(25)17-11(2)18(21-12(17)3)16(23)10-27-19(24)15-9-13-7-5-6-8-14(13)22-15/h5-9,21-22H,4,10H2,1-3H3. The number of hydrogen-bond acceptors (Lipinski definition) is 5. The monoisotopic (exact) mass is 368 g/mol. The Kier molecular flexibility index (Phi) is 5.12. The zero-order chi connectivity index (χ0) is 19.6. The molecule has 2 heterocycles. The second kappa shape index (κ2) is 7.49. The van der Waals surface area contributed by atoms with Gasteiger partial charge in [0.15, 0.2) is 6.61 Å². The lowest BCUT2D eigenvalue weighted by atomic mass is 10.1. The van der Waals surface area contributed by atoms with Gasteiger partial charge < -0.3 is 19.4 Å². The van der Waals surface area contributed by atoms with Crippen LogP contribution in [0, 0.1) is 13.8 Å². The Morgan fingerprint density at radius 1 is 1.00 bits per heavy atom. The molecule has 0 bridgehead atoms. The van der Waals surface area contributed by atoms with Crippen molar-refractivity contribution in [3.05, 3.63) is 58.5 Å². The Morgan fingerprint density at radius 2 is 1.74 bits per heavy atom. The molecule has 0 atom stereocenters. The van der Waals surface area contributed by atoms with Crippen molar-refractivity contribution in [3.63, 3.8) is 0 Å². The number of rotatable bonds is 6. The molecule has 2 N–H and O–H groups in total. The van der Waals surface area contributed by atoms with Gasteiger partial charge in [0.05, 0.1) is 17.9 Å². The summed E-state index contributed by atoms with van der Waals surface area (Å²) in [7, 11) is 0. The van der Waals surface area contributed by atoms with Crippen LogP contribution in [0.2, 0.25) is 0 Å². The SMILES string of the molecule is CCOC(=O)c1c(C)[nH]c(C(=O)COC(=O)c2cc3ccccc3[nH]2)c1C.